The Morgan fingerprint density at radius 2 is 2.37 bits per heavy atom. The first-order valence-corrected chi connectivity index (χ1v) is 7.35. The fourth-order valence-electron chi connectivity index (χ4n) is 2.70. The van der Waals surface area contributed by atoms with Gasteiger partial charge in [-0.3, -0.25) is 4.79 Å². The fraction of sp³-hybridized carbons (Fsp3) is 0.615. The van der Waals surface area contributed by atoms with E-state index in [1.807, 2.05) is 4.90 Å². The summed E-state index contributed by atoms with van der Waals surface area (Å²) in [5, 5.41) is 2.11. The molecule has 3 heterocycles. The number of thiophene rings is 1. The molecule has 1 aromatic rings. The van der Waals surface area contributed by atoms with Gasteiger partial charge in [0.1, 0.15) is 6.10 Å². The van der Waals surface area contributed by atoms with Crippen LogP contribution in [0, 0.1) is 0 Å². The van der Waals surface area contributed by atoms with E-state index < -0.39 is 0 Å². The van der Waals surface area contributed by atoms with Crippen molar-refractivity contribution in [2.45, 2.75) is 38.0 Å². The lowest BCUT2D eigenvalue weighted by atomic mass is 10.1. The van der Waals surface area contributed by atoms with E-state index in [0.29, 0.717) is 6.54 Å². The van der Waals surface area contributed by atoms with Gasteiger partial charge in [0.05, 0.1) is 6.10 Å². The number of amides is 1. The maximum Gasteiger partial charge on any atom is 0.252 e. The molecular formula is C13H19ClN2O2S. The van der Waals surface area contributed by atoms with Crippen LogP contribution in [0.2, 0.25) is 0 Å². The Balaban J connectivity index is 0.00000133. The topological polar surface area (TPSA) is 55.6 Å². The molecule has 0 bridgehead atoms. The monoisotopic (exact) mass is 302 g/mol. The number of ether oxygens (including phenoxy) is 1. The van der Waals surface area contributed by atoms with E-state index in [2.05, 4.69) is 11.4 Å². The minimum Gasteiger partial charge on any atom is -0.364 e. The van der Waals surface area contributed by atoms with Gasteiger partial charge < -0.3 is 15.4 Å². The molecule has 0 aliphatic carbocycles. The van der Waals surface area contributed by atoms with E-state index in [1.54, 1.807) is 11.3 Å². The van der Waals surface area contributed by atoms with Crippen molar-refractivity contribution in [2.75, 3.05) is 13.1 Å². The highest BCUT2D eigenvalue weighted by atomic mass is 35.5. The van der Waals surface area contributed by atoms with Crippen molar-refractivity contribution in [3.8, 4) is 0 Å². The van der Waals surface area contributed by atoms with Crippen molar-refractivity contribution in [2.24, 2.45) is 5.73 Å². The normalized spacial score (nSPS) is 25.8. The van der Waals surface area contributed by atoms with Crippen molar-refractivity contribution in [3.05, 3.63) is 21.9 Å². The molecule has 2 atom stereocenters. The van der Waals surface area contributed by atoms with Gasteiger partial charge in [0.2, 0.25) is 0 Å². The molecule has 2 aliphatic heterocycles. The first-order chi connectivity index (χ1) is 8.78. The number of rotatable bonds is 2. The molecule has 106 valence electrons. The van der Waals surface area contributed by atoms with Crippen LogP contribution in [0.25, 0.3) is 0 Å². The van der Waals surface area contributed by atoms with E-state index in [-0.39, 0.29) is 30.5 Å². The lowest BCUT2D eigenvalue weighted by Gasteiger charge is -2.29. The van der Waals surface area contributed by atoms with Gasteiger partial charge in [-0.15, -0.1) is 23.7 Å². The van der Waals surface area contributed by atoms with Gasteiger partial charge in [0, 0.05) is 24.5 Å². The zero-order chi connectivity index (χ0) is 12.5. The molecule has 0 unspecified atom stereocenters. The highest BCUT2D eigenvalue weighted by Crippen LogP contribution is 2.27. The molecule has 1 fully saturated rings. The highest BCUT2D eigenvalue weighted by Gasteiger charge is 2.34. The van der Waals surface area contributed by atoms with Crippen LogP contribution in [0.1, 0.15) is 23.3 Å². The van der Waals surface area contributed by atoms with Crippen LogP contribution >= 0.6 is 23.7 Å². The van der Waals surface area contributed by atoms with Gasteiger partial charge in [0.25, 0.3) is 5.91 Å². The minimum absolute atomic E-state index is 0. The van der Waals surface area contributed by atoms with E-state index in [0.717, 1.165) is 32.4 Å². The van der Waals surface area contributed by atoms with Gasteiger partial charge in [0.15, 0.2) is 0 Å². The Kier molecular flexibility index (Phi) is 4.84. The Morgan fingerprint density at radius 1 is 1.53 bits per heavy atom. The molecule has 0 aromatic carbocycles. The summed E-state index contributed by atoms with van der Waals surface area (Å²) in [7, 11) is 0. The van der Waals surface area contributed by atoms with Gasteiger partial charge in [-0.2, -0.15) is 0 Å². The predicted octanol–water partition coefficient (Wildman–Crippen LogP) is 1.56. The summed E-state index contributed by atoms with van der Waals surface area (Å²) in [4.78, 5) is 15.7. The second kappa shape index (κ2) is 6.22. The number of carbonyl (C=O) groups is 1. The minimum atomic E-state index is -0.265. The number of nitrogens with two attached hydrogens (primary N) is 1. The van der Waals surface area contributed by atoms with E-state index in [9.17, 15) is 4.79 Å². The van der Waals surface area contributed by atoms with Crippen LogP contribution in [-0.4, -0.2) is 36.1 Å². The first kappa shape index (κ1) is 14.8. The second-order valence-electron chi connectivity index (χ2n) is 4.94. The predicted molar refractivity (Wildman–Crippen MR) is 77.6 cm³/mol. The summed E-state index contributed by atoms with van der Waals surface area (Å²) in [6.45, 7) is 2.07. The molecule has 3 rings (SSSR count). The summed E-state index contributed by atoms with van der Waals surface area (Å²) in [6, 6.07) is 2.12. The molecule has 0 saturated carbocycles. The lowest BCUT2D eigenvalue weighted by Crippen LogP contribution is -2.42. The van der Waals surface area contributed by atoms with Crippen LogP contribution in [0.5, 0.6) is 0 Å². The SMILES string of the molecule is Cl.NC[C@H]1CC[C@@H](C(=O)N2CCc3sccc3C2)O1. The highest BCUT2D eigenvalue weighted by molar-refractivity contribution is 7.10. The van der Waals surface area contributed by atoms with Crippen molar-refractivity contribution in [1.29, 1.82) is 0 Å². The summed E-state index contributed by atoms with van der Waals surface area (Å²) in [5.41, 5.74) is 6.87. The smallest absolute Gasteiger partial charge is 0.252 e. The fourth-order valence-corrected chi connectivity index (χ4v) is 3.59. The molecule has 1 amide bonds. The maximum atomic E-state index is 12.4. The summed E-state index contributed by atoms with van der Waals surface area (Å²) in [5.74, 6) is 0.141. The molecule has 19 heavy (non-hydrogen) atoms. The van der Waals surface area contributed by atoms with Crippen LogP contribution < -0.4 is 5.73 Å². The molecule has 1 saturated heterocycles. The van der Waals surface area contributed by atoms with Crippen LogP contribution in [0.15, 0.2) is 11.4 Å². The van der Waals surface area contributed by atoms with Crippen molar-refractivity contribution in [3.63, 3.8) is 0 Å². The molecule has 1 aromatic heterocycles. The van der Waals surface area contributed by atoms with Gasteiger partial charge in [-0.05, 0) is 36.3 Å². The number of halogens is 1. The van der Waals surface area contributed by atoms with Gasteiger partial charge in [-0.25, -0.2) is 0 Å². The summed E-state index contributed by atoms with van der Waals surface area (Å²) >= 11 is 1.79. The molecule has 0 radical (unpaired) electrons. The van der Waals surface area contributed by atoms with Gasteiger partial charge >= 0.3 is 0 Å². The molecule has 6 heteroatoms. The standard InChI is InChI=1S/C13H18N2O2S.ClH/c14-7-10-1-2-11(17-10)13(16)15-5-3-12-9(8-15)4-6-18-12;/h4,6,10-11H,1-3,5,7-8,14H2;1H/t10-,11+;/m1./s1. The third-order valence-corrected chi connectivity index (χ3v) is 4.79. The van der Waals surface area contributed by atoms with E-state index in [4.69, 9.17) is 10.5 Å². The summed E-state index contributed by atoms with van der Waals surface area (Å²) in [6.07, 6.45) is 2.50. The Hall–Kier alpha value is -0.620. The number of hydrogen-bond acceptors (Lipinski definition) is 4. The van der Waals surface area contributed by atoms with E-state index in [1.165, 1.54) is 10.4 Å². The van der Waals surface area contributed by atoms with Gasteiger partial charge in [-0.1, -0.05) is 0 Å². The average Bonchev–Trinajstić information content (AvgIpc) is 3.05. The zero-order valence-electron chi connectivity index (χ0n) is 10.7. The van der Waals surface area contributed by atoms with E-state index >= 15 is 0 Å². The first-order valence-electron chi connectivity index (χ1n) is 6.47. The lowest BCUT2D eigenvalue weighted by molar-refractivity contribution is -0.143. The largest absolute Gasteiger partial charge is 0.364 e. The third kappa shape index (κ3) is 2.94. The van der Waals surface area contributed by atoms with Crippen molar-refractivity contribution in [1.82, 2.24) is 4.90 Å². The van der Waals surface area contributed by atoms with Crippen LogP contribution in [0.3, 0.4) is 0 Å². The van der Waals surface area contributed by atoms with Crippen LogP contribution in [-0.2, 0) is 22.5 Å². The molecular weight excluding hydrogens is 284 g/mol. The van der Waals surface area contributed by atoms with Crippen LogP contribution in [0.4, 0.5) is 0 Å². The third-order valence-electron chi connectivity index (χ3n) is 3.77. The molecule has 4 nitrogen and oxygen atoms in total. The zero-order valence-corrected chi connectivity index (χ0v) is 12.3. The Morgan fingerprint density at radius 3 is 3.11 bits per heavy atom. The van der Waals surface area contributed by atoms with Crippen molar-refractivity contribution >= 4 is 29.7 Å². The Labute approximate surface area is 123 Å². The molecule has 0 spiro atoms. The summed E-state index contributed by atoms with van der Waals surface area (Å²) < 4.78 is 5.68. The number of hydrogen-bond donors (Lipinski definition) is 1. The van der Waals surface area contributed by atoms with Crippen molar-refractivity contribution < 1.29 is 9.53 Å². The Bertz CT molecular complexity index is 452. The second-order valence-corrected chi connectivity index (χ2v) is 5.94. The number of fused-ring (bicyclic) bond motifs is 1. The number of nitrogens with zero attached hydrogens (tertiary/aromatic N) is 1. The molecule has 2 aliphatic rings. The molecule has 2 N–H and O–H groups in total. The maximum absolute atomic E-state index is 12.4. The number of carbonyl (C=O) groups excluding carboxylic acids is 1. The average molecular weight is 303 g/mol. The quantitative estimate of drug-likeness (QED) is 0.902.